The Hall–Kier alpha value is -2.48. The summed E-state index contributed by atoms with van der Waals surface area (Å²) in [5, 5.41) is 23.7. The second kappa shape index (κ2) is 5.66. The van der Waals surface area contributed by atoms with Crippen molar-refractivity contribution < 1.29 is 14.8 Å². The number of thiazole rings is 1. The van der Waals surface area contributed by atoms with Crippen LogP contribution in [0.25, 0.3) is 0 Å². The summed E-state index contributed by atoms with van der Waals surface area (Å²) in [5.74, 6) is -1.22. The first-order valence-electron chi connectivity index (χ1n) is 5.65. The number of hydrogen-bond acceptors (Lipinski definition) is 6. The Morgan fingerprint density at radius 1 is 1.55 bits per heavy atom. The van der Waals surface area contributed by atoms with Crippen LogP contribution in [0.2, 0.25) is 0 Å². The Bertz CT molecular complexity index is 668. The maximum atomic E-state index is 11.9. The average Bonchev–Trinajstić information content (AvgIpc) is 2.81. The maximum absolute atomic E-state index is 11.9. The van der Waals surface area contributed by atoms with Crippen LogP contribution in [0, 0.1) is 17.0 Å². The molecule has 0 saturated heterocycles. The van der Waals surface area contributed by atoms with Gasteiger partial charge >= 0.3 is 5.69 Å². The van der Waals surface area contributed by atoms with Crippen molar-refractivity contribution in [2.24, 2.45) is 0 Å². The van der Waals surface area contributed by atoms with Crippen LogP contribution < -0.4 is 5.32 Å². The summed E-state index contributed by atoms with van der Waals surface area (Å²) in [6.45, 7) is 2.11. The number of nitrogens with one attached hydrogen (secondary N) is 1. The molecule has 1 amide bonds. The Balaban J connectivity index is 2.13. The van der Waals surface area contributed by atoms with E-state index in [1.807, 2.05) is 6.92 Å². The lowest BCUT2D eigenvalue weighted by atomic mass is 10.1. The van der Waals surface area contributed by atoms with Gasteiger partial charge in [0.15, 0.2) is 0 Å². The Morgan fingerprint density at radius 3 is 2.90 bits per heavy atom. The molecule has 0 aliphatic rings. The van der Waals surface area contributed by atoms with Gasteiger partial charge in [0, 0.05) is 17.1 Å². The highest BCUT2D eigenvalue weighted by Crippen LogP contribution is 2.29. The smallest absolute Gasteiger partial charge is 0.311 e. The van der Waals surface area contributed by atoms with Crippen molar-refractivity contribution in [2.75, 3.05) is 0 Å². The summed E-state index contributed by atoms with van der Waals surface area (Å²) in [6.07, 6.45) is 1.69. The molecule has 0 bridgehead atoms. The number of phenols is 1. The Kier molecular flexibility index (Phi) is 3.94. The number of nitro benzene ring substituents is 1. The molecule has 0 aliphatic heterocycles. The summed E-state index contributed by atoms with van der Waals surface area (Å²) in [7, 11) is 0. The van der Waals surface area contributed by atoms with Gasteiger partial charge in [-0.15, -0.1) is 11.3 Å². The highest BCUT2D eigenvalue weighted by molar-refractivity contribution is 7.11. The van der Waals surface area contributed by atoms with Crippen molar-refractivity contribution in [3.05, 3.63) is 50.0 Å². The van der Waals surface area contributed by atoms with E-state index in [0.717, 1.165) is 16.0 Å². The molecule has 2 N–H and O–H groups in total. The lowest BCUT2D eigenvalue weighted by molar-refractivity contribution is -0.385. The van der Waals surface area contributed by atoms with Crippen LogP contribution in [-0.4, -0.2) is 20.9 Å². The number of nitrogens with zero attached hydrogens (tertiary/aromatic N) is 2. The maximum Gasteiger partial charge on any atom is 0.311 e. The van der Waals surface area contributed by atoms with Gasteiger partial charge in [-0.25, -0.2) is 4.98 Å². The third-order valence-corrected chi connectivity index (χ3v) is 3.44. The third-order valence-electron chi connectivity index (χ3n) is 2.53. The third kappa shape index (κ3) is 2.91. The van der Waals surface area contributed by atoms with E-state index in [2.05, 4.69) is 10.3 Å². The van der Waals surface area contributed by atoms with Gasteiger partial charge in [-0.3, -0.25) is 14.9 Å². The van der Waals surface area contributed by atoms with Crippen molar-refractivity contribution in [1.29, 1.82) is 0 Å². The molecule has 1 heterocycles. The van der Waals surface area contributed by atoms with Gasteiger partial charge in [0.05, 0.1) is 17.0 Å². The largest absolute Gasteiger partial charge is 0.502 e. The minimum absolute atomic E-state index is 0.132. The van der Waals surface area contributed by atoms with Gasteiger partial charge in [0.1, 0.15) is 5.01 Å². The number of nitro groups is 1. The predicted molar refractivity (Wildman–Crippen MR) is 72.8 cm³/mol. The number of phenolic OH excluding ortho intramolecular Hbond substituents is 1. The van der Waals surface area contributed by atoms with Gasteiger partial charge in [-0.2, -0.15) is 0 Å². The Labute approximate surface area is 118 Å². The molecule has 1 aromatic carbocycles. The van der Waals surface area contributed by atoms with Gasteiger partial charge in [0.25, 0.3) is 5.91 Å². The molecule has 0 unspecified atom stereocenters. The molecule has 0 fully saturated rings. The van der Waals surface area contributed by atoms with Crippen LogP contribution in [0.3, 0.4) is 0 Å². The molecule has 0 radical (unpaired) electrons. The normalized spacial score (nSPS) is 10.2. The molecule has 2 aromatic rings. The van der Waals surface area contributed by atoms with Gasteiger partial charge in [0.2, 0.25) is 5.75 Å². The summed E-state index contributed by atoms with van der Waals surface area (Å²) in [4.78, 5) is 27.0. The second-order valence-electron chi connectivity index (χ2n) is 3.98. The molecule has 0 aliphatic carbocycles. The number of amides is 1. The highest BCUT2D eigenvalue weighted by atomic mass is 32.1. The molecule has 20 heavy (non-hydrogen) atoms. The van der Waals surface area contributed by atoms with E-state index in [0.29, 0.717) is 0 Å². The molecule has 2 rings (SSSR count). The van der Waals surface area contributed by atoms with E-state index in [1.165, 1.54) is 23.5 Å². The standard InChI is InChI=1S/C12H11N3O4S/c1-7-5-13-10(20-7)6-14-12(17)8-3-2-4-9(11(8)16)15(18)19/h2-5,16H,6H2,1H3,(H,14,17). The summed E-state index contributed by atoms with van der Waals surface area (Å²) < 4.78 is 0. The first-order chi connectivity index (χ1) is 9.49. The number of aryl methyl sites for hydroxylation is 1. The molecule has 0 saturated carbocycles. The fourth-order valence-electron chi connectivity index (χ4n) is 1.60. The molecular weight excluding hydrogens is 282 g/mol. The van der Waals surface area contributed by atoms with E-state index in [4.69, 9.17) is 0 Å². The molecular formula is C12H11N3O4S. The van der Waals surface area contributed by atoms with E-state index < -0.39 is 22.3 Å². The average molecular weight is 293 g/mol. The molecule has 104 valence electrons. The van der Waals surface area contributed by atoms with Gasteiger partial charge < -0.3 is 10.4 Å². The Morgan fingerprint density at radius 2 is 2.30 bits per heavy atom. The molecule has 8 heteroatoms. The number of carbonyl (C=O) groups is 1. The van der Waals surface area contributed by atoms with Crippen molar-refractivity contribution in [3.63, 3.8) is 0 Å². The van der Waals surface area contributed by atoms with E-state index in [9.17, 15) is 20.0 Å². The number of para-hydroxylation sites is 1. The van der Waals surface area contributed by atoms with Crippen LogP contribution in [0.1, 0.15) is 20.2 Å². The number of benzene rings is 1. The molecule has 1 aromatic heterocycles. The van der Waals surface area contributed by atoms with Crippen molar-refractivity contribution >= 4 is 22.9 Å². The number of aromatic nitrogens is 1. The minimum atomic E-state index is -0.740. The summed E-state index contributed by atoms with van der Waals surface area (Å²) in [6, 6.07) is 3.81. The second-order valence-corrected chi connectivity index (χ2v) is 5.30. The number of aromatic hydroxyl groups is 1. The first kappa shape index (κ1) is 13.9. The fourth-order valence-corrected chi connectivity index (χ4v) is 2.32. The van der Waals surface area contributed by atoms with Crippen LogP contribution in [0.15, 0.2) is 24.4 Å². The molecule has 0 atom stereocenters. The zero-order chi connectivity index (χ0) is 14.7. The SMILES string of the molecule is Cc1cnc(CNC(=O)c2cccc([N+](=O)[O-])c2O)s1. The molecule has 0 spiro atoms. The fraction of sp³-hybridized carbons (Fsp3) is 0.167. The van der Waals surface area contributed by atoms with Crippen molar-refractivity contribution in [3.8, 4) is 5.75 Å². The summed E-state index contributed by atoms with van der Waals surface area (Å²) in [5.41, 5.74) is -0.629. The van der Waals surface area contributed by atoms with Crippen molar-refractivity contribution in [2.45, 2.75) is 13.5 Å². The van der Waals surface area contributed by atoms with E-state index >= 15 is 0 Å². The lowest BCUT2D eigenvalue weighted by Gasteiger charge is -2.05. The number of carbonyl (C=O) groups excluding carboxylic acids is 1. The quantitative estimate of drug-likeness (QED) is 0.662. The van der Waals surface area contributed by atoms with Gasteiger partial charge in [-0.1, -0.05) is 6.07 Å². The highest BCUT2D eigenvalue weighted by Gasteiger charge is 2.20. The van der Waals surface area contributed by atoms with Gasteiger partial charge in [-0.05, 0) is 13.0 Å². The molecule has 7 nitrogen and oxygen atoms in total. The van der Waals surface area contributed by atoms with Crippen LogP contribution in [0.4, 0.5) is 5.69 Å². The van der Waals surface area contributed by atoms with Crippen molar-refractivity contribution in [1.82, 2.24) is 10.3 Å². The van der Waals surface area contributed by atoms with E-state index in [1.54, 1.807) is 6.20 Å². The summed E-state index contributed by atoms with van der Waals surface area (Å²) >= 11 is 1.44. The predicted octanol–water partition coefficient (Wildman–Crippen LogP) is 2.00. The van der Waals surface area contributed by atoms with Crippen LogP contribution in [-0.2, 0) is 6.54 Å². The number of rotatable bonds is 4. The minimum Gasteiger partial charge on any atom is -0.502 e. The van der Waals surface area contributed by atoms with Crippen LogP contribution in [0.5, 0.6) is 5.75 Å². The monoisotopic (exact) mass is 293 g/mol. The van der Waals surface area contributed by atoms with E-state index in [-0.39, 0.29) is 12.1 Å². The topological polar surface area (TPSA) is 105 Å². The zero-order valence-electron chi connectivity index (χ0n) is 10.5. The first-order valence-corrected chi connectivity index (χ1v) is 6.46. The number of hydrogen-bond donors (Lipinski definition) is 2. The zero-order valence-corrected chi connectivity index (χ0v) is 11.3. The van der Waals surface area contributed by atoms with Crippen LogP contribution >= 0.6 is 11.3 Å². The lowest BCUT2D eigenvalue weighted by Crippen LogP contribution is -2.22.